The molecule has 0 unspecified atom stereocenters. The largest absolute Gasteiger partial charge is 0.494 e. The number of imidazole rings is 1. The van der Waals surface area contributed by atoms with Crippen molar-refractivity contribution in [2.24, 2.45) is 5.92 Å². The summed E-state index contributed by atoms with van der Waals surface area (Å²) in [5.41, 5.74) is 4.52. The summed E-state index contributed by atoms with van der Waals surface area (Å²) in [6, 6.07) is 9.18. The highest BCUT2D eigenvalue weighted by molar-refractivity contribution is 5.95. The number of benzene rings is 2. The summed E-state index contributed by atoms with van der Waals surface area (Å²) in [4.78, 5) is 31.7. The summed E-state index contributed by atoms with van der Waals surface area (Å²) >= 11 is 0. The summed E-state index contributed by atoms with van der Waals surface area (Å²) < 4.78 is 27.0. The monoisotopic (exact) mass is 507 g/mol. The summed E-state index contributed by atoms with van der Waals surface area (Å²) in [6.07, 6.45) is 5.30. The molecule has 2 heterocycles. The van der Waals surface area contributed by atoms with E-state index in [2.05, 4.69) is 4.57 Å². The van der Waals surface area contributed by atoms with Crippen molar-refractivity contribution in [1.29, 1.82) is 0 Å². The van der Waals surface area contributed by atoms with Crippen molar-refractivity contribution in [3.05, 3.63) is 53.1 Å². The minimum absolute atomic E-state index is 0.0240. The number of carbonyl (C=O) groups excluding carboxylic acids is 2. The lowest BCUT2D eigenvalue weighted by Gasteiger charge is -2.34. The Morgan fingerprint density at radius 2 is 1.95 bits per heavy atom. The number of anilines is 1. The zero-order chi connectivity index (χ0) is 26.3. The van der Waals surface area contributed by atoms with Gasteiger partial charge in [-0.25, -0.2) is 14.2 Å². The number of aromatic nitrogens is 2. The van der Waals surface area contributed by atoms with Crippen LogP contribution in [0.2, 0.25) is 0 Å². The molecule has 3 atom stereocenters. The van der Waals surface area contributed by atoms with E-state index < -0.39 is 5.82 Å². The number of ether oxygens (including phenoxy) is 2. The van der Waals surface area contributed by atoms with E-state index in [1.165, 1.54) is 20.3 Å². The molecule has 0 bridgehead atoms. The van der Waals surface area contributed by atoms with Crippen LogP contribution in [0, 0.1) is 11.7 Å². The normalized spacial score (nSPS) is 21.5. The maximum absolute atomic E-state index is 14.5. The van der Waals surface area contributed by atoms with Crippen molar-refractivity contribution in [1.82, 2.24) is 9.55 Å². The predicted molar refractivity (Wildman–Crippen MR) is 140 cm³/mol. The first-order valence-electron chi connectivity index (χ1n) is 13.0. The fourth-order valence-corrected chi connectivity index (χ4v) is 6.13. The van der Waals surface area contributed by atoms with Gasteiger partial charge in [-0.1, -0.05) is 12.5 Å². The number of fused-ring (bicyclic) bond motifs is 3. The molecule has 5 rings (SSSR count). The molecule has 196 valence electrons. The summed E-state index contributed by atoms with van der Waals surface area (Å²) in [6.45, 7) is 3.70. The second-order valence-corrected chi connectivity index (χ2v) is 10.3. The first-order chi connectivity index (χ1) is 17.8. The van der Waals surface area contributed by atoms with E-state index in [0.717, 1.165) is 72.2 Å². The van der Waals surface area contributed by atoms with Gasteiger partial charge in [0.2, 0.25) is 0 Å². The SMILES string of the molecule is COC(=O)N1c2ccc3c(nc(Cc4ccc(OC)c(F)c4)n3[C@@H]3CCC[C@@H](C(C)=O)C3)c2CC[C@@H]1C. The van der Waals surface area contributed by atoms with Crippen molar-refractivity contribution < 1.29 is 23.5 Å². The third kappa shape index (κ3) is 4.58. The number of hydrogen-bond acceptors (Lipinski definition) is 5. The molecule has 1 fully saturated rings. The molecule has 1 aliphatic heterocycles. The number of nitrogens with zero attached hydrogens (tertiary/aromatic N) is 3. The minimum Gasteiger partial charge on any atom is -0.494 e. The lowest BCUT2D eigenvalue weighted by molar-refractivity contribution is -0.122. The van der Waals surface area contributed by atoms with Gasteiger partial charge in [0.05, 0.1) is 30.9 Å². The van der Waals surface area contributed by atoms with Crippen LogP contribution in [0.3, 0.4) is 0 Å². The van der Waals surface area contributed by atoms with Crippen molar-refractivity contribution in [2.75, 3.05) is 19.1 Å². The Kier molecular flexibility index (Phi) is 6.92. The Morgan fingerprint density at radius 1 is 1.14 bits per heavy atom. The summed E-state index contributed by atoms with van der Waals surface area (Å²) in [5.74, 6) is 0.908. The zero-order valence-corrected chi connectivity index (χ0v) is 21.9. The number of amides is 1. The average molecular weight is 508 g/mol. The van der Waals surface area contributed by atoms with Crippen LogP contribution in [0.4, 0.5) is 14.9 Å². The molecular weight excluding hydrogens is 473 g/mol. The second kappa shape index (κ2) is 10.1. The van der Waals surface area contributed by atoms with Gasteiger partial charge in [-0.3, -0.25) is 9.69 Å². The van der Waals surface area contributed by atoms with Crippen molar-refractivity contribution >= 4 is 28.6 Å². The van der Waals surface area contributed by atoms with E-state index in [4.69, 9.17) is 14.5 Å². The molecule has 1 aromatic heterocycles. The van der Waals surface area contributed by atoms with E-state index in [0.29, 0.717) is 6.42 Å². The van der Waals surface area contributed by atoms with Crippen LogP contribution in [0.1, 0.15) is 68.9 Å². The highest BCUT2D eigenvalue weighted by atomic mass is 19.1. The van der Waals surface area contributed by atoms with Gasteiger partial charge >= 0.3 is 6.09 Å². The minimum atomic E-state index is -0.406. The first kappa shape index (κ1) is 25.2. The van der Waals surface area contributed by atoms with Crippen LogP contribution in [0.15, 0.2) is 30.3 Å². The van der Waals surface area contributed by atoms with Crippen molar-refractivity contribution in [3.63, 3.8) is 0 Å². The number of aryl methyl sites for hydroxylation is 1. The maximum Gasteiger partial charge on any atom is 0.414 e. The van der Waals surface area contributed by atoms with Crippen LogP contribution >= 0.6 is 0 Å². The molecule has 8 heteroatoms. The number of methoxy groups -OCH3 is 2. The first-order valence-corrected chi connectivity index (χ1v) is 13.0. The van der Waals surface area contributed by atoms with Gasteiger partial charge in [0.15, 0.2) is 11.6 Å². The molecular formula is C29H34FN3O4. The summed E-state index contributed by atoms with van der Waals surface area (Å²) in [5, 5.41) is 0. The topological polar surface area (TPSA) is 73.7 Å². The molecule has 2 aliphatic rings. The molecule has 1 amide bonds. The highest BCUT2D eigenvalue weighted by Gasteiger charge is 2.33. The van der Waals surface area contributed by atoms with E-state index in [9.17, 15) is 14.0 Å². The molecule has 0 radical (unpaired) electrons. The molecule has 3 aromatic rings. The van der Waals surface area contributed by atoms with Crippen LogP contribution in [-0.2, 0) is 22.4 Å². The number of halogens is 1. The van der Waals surface area contributed by atoms with Crippen LogP contribution in [0.5, 0.6) is 5.75 Å². The van der Waals surface area contributed by atoms with E-state index >= 15 is 0 Å². The lowest BCUT2D eigenvalue weighted by atomic mass is 9.83. The Morgan fingerprint density at radius 3 is 2.65 bits per heavy atom. The van der Waals surface area contributed by atoms with Crippen molar-refractivity contribution in [2.45, 2.75) is 70.9 Å². The van der Waals surface area contributed by atoms with Gasteiger partial charge in [-0.2, -0.15) is 0 Å². The smallest absolute Gasteiger partial charge is 0.414 e. The van der Waals surface area contributed by atoms with Crippen molar-refractivity contribution in [3.8, 4) is 5.75 Å². The van der Waals surface area contributed by atoms with Gasteiger partial charge in [0.1, 0.15) is 11.6 Å². The molecule has 2 aromatic carbocycles. The Bertz CT molecular complexity index is 1350. The second-order valence-electron chi connectivity index (χ2n) is 10.3. The average Bonchev–Trinajstić information content (AvgIpc) is 3.26. The fourth-order valence-electron chi connectivity index (χ4n) is 6.13. The van der Waals surface area contributed by atoms with Gasteiger partial charge in [-0.05, 0) is 75.8 Å². The van der Waals surface area contributed by atoms with Crippen LogP contribution in [-0.4, -0.2) is 41.7 Å². The molecule has 7 nitrogen and oxygen atoms in total. The van der Waals surface area contributed by atoms with Gasteiger partial charge in [-0.15, -0.1) is 0 Å². The molecule has 0 spiro atoms. The summed E-state index contributed by atoms with van der Waals surface area (Å²) in [7, 11) is 2.85. The van der Waals surface area contributed by atoms with Crippen LogP contribution in [0.25, 0.3) is 11.0 Å². The molecule has 37 heavy (non-hydrogen) atoms. The molecule has 1 aliphatic carbocycles. The molecule has 0 N–H and O–H groups in total. The van der Waals surface area contributed by atoms with E-state index in [-0.39, 0.29) is 35.6 Å². The standard InChI is InChI=1S/C29H34FN3O4/c1-17-8-10-22-24(32(17)29(35)37-4)11-12-25-28(22)31-27(15-19-9-13-26(36-3)23(30)14-19)33(25)21-7-5-6-20(16-21)18(2)34/h9,11-14,17,20-21H,5-8,10,15-16H2,1-4H3/t17-,20+,21+/m0/s1. The third-order valence-electron chi connectivity index (χ3n) is 8.06. The predicted octanol–water partition coefficient (Wildman–Crippen LogP) is 6.00. The van der Waals surface area contributed by atoms with Gasteiger partial charge in [0, 0.05) is 30.0 Å². The number of rotatable bonds is 5. The zero-order valence-electron chi connectivity index (χ0n) is 21.9. The number of hydrogen-bond donors (Lipinski definition) is 0. The number of ketones is 1. The van der Waals surface area contributed by atoms with Crippen LogP contribution < -0.4 is 9.64 Å². The quantitative estimate of drug-likeness (QED) is 0.423. The lowest BCUT2D eigenvalue weighted by Crippen LogP contribution is -2.42. The Labute approximate surface area is 216 Å². The number of Topliss-reactive ketones (excluding diaryl/α,β-unsaturated/α-hetero) is 1. The molecule has 0 saturated heterocycles. The third-order valence-corrected chi connectivity index (χ3v) is 8.06. The van der Waals surface area contributed by atoms with E-state index in [1.54, 1.807) is 17.9 Å². The fraction of sp³-hybridized carbons (Fsp3) is 0.483. The number of carbonyl (C=O) groups is 2. The van der Waals surface area contributed by atoms with Gasteiger partial charge < -0.3 is 14.0 Å². The van der Waals surface area contributed by atoms with Gasteiger partial charge in [0.25, 0.3) is 0 Å². The Balaban J connectivity index is 1.64. The maximum atomic E-state index is 14.5. The molecule has 1 saturated carbocycles. The van der Waals surface area contributed by atoms with E-state index in [1.807, 2.05) is 25.1 Å². The highest BCUT2D eigenvalue weighted by Crippen LogP contribution is 2.41. The Hall–Kier alpha value is -3.42.